The summed E-state index contributed by atoms with van der Waals surface area (Å²) in [5, 5.41) is 11.6. The van der Waals surface area contributed by atoms with E-state index in [1.165, 1.54) is 30.3 Å². The highest BCUT2D eigenvalue weighted by Gasteiger charge is 2.37. The monoisotopic (exact) mass is 437 g/mol. The summed E-state index contributed by atoms with van der Waals surface area (Å²) in [6, 6.07) is 7.83. The predicted octanol–water partition coefficient (Wildman–Crippen LogP) is 4.94. The highest BCUT2D eigenvalue weighted by atomic mass is 19.4. The van der Waals surface area contributed by atoms with Crippen LogP contribution in [0.1, 0.15) is 30.1 Å². The second-order valence-electron chi connectivity index (χ2n) is 6.95. The van der Waals surface area contributed by atoms with Gasteiger partial charge in [-0.15, -0.1) is 10.2 Å². The highest BCUT2D eigenvalue weighted by Crippen LogP contribution is 2.41. The molecule has 7 nitrogen and oxygen atoms in total. The lowest BCUT2D eigenvalue weighted by atomic mass is 10.2. The maximum atomic E-state index is 13.5. The average molecular weight is 437 g/mol. The van der Waals surface area contributed by atoms with E-state index in [0.29, 0.717) is 15.8 Å². The SMILES string of the molecule is FC(F)Oc1ccc(-c2nnc(-c3cc4nc(C5CC5)cc(C(F)(F)F)n4n3)o2)cc1. The van der Waals surface area contributed by atoms with E-state index in [0.717, 1.165) is 18.9 Å². The van der Waals surface area contributed by atoms with E-state index >= 15 is 0 Å². The number of alkyl halides is 5. The van der Waals surface area contributed by atoms with Crippen LogP contribution in [0, 0.1) is 0 Å². The van der Waals surface area contributed by atoms with Crippen molar-refractivity contribution in [3.63, 3.8) is 0 Å². The number of ether oxygens (including phenoxy) is 1. The summed E-state index contributed by atoms with van der Waals surface area (Å²) in [6.07, 6.45) is -3.01. The first kappa shape index (κ1) is 19.4. The van der Waals surface area contributed by atoms with Crippen LogP contribution in [0.25, 0.3) is 28.7 Å². The van der Waals surface area contributed by atoms with E-state index in [-0.39, 0.29) is 34.8 Å². The van der Waals surface area contributed by atoms with Crippen molar-refractivity contribution in [3.8, 4) is 28.8 Å². The van der Waals surface area contributed by atoms with Gasteiger partial charge in [0.15, 0.2) is 11.3 Å². The molecule has 160 valence electrons. The molecule has 3 heterocycles. The molecule has 1 aliphatic carbocycles. The van der Waals surface area contributed by atoms with Crippen molar-refractivity contribution < 1.29 is 31.1 Å². The fraction of sp³-hybridized carbons (Fsp3) is 0.263. The molecule has 12 heteroatoms. The summed E-state index contributed by atoms with van der Waals surface area (Å²) >= 11 is 0. The molecule has 0 radical (unpaired) electrons. The van der Waals surface area contributed by atoms with Gasteiger partial charge in [0, 0.05) is 23.2 Å². The lowest BCUT2D eigenvalue weighted by molar-refractivity contribution is -0.142. The van der Waals surface area contributed by atoms with Gasteiger partial charge in [-0.05, 0) is 43.2 Å². The maximum Gasteiger partial charge on any atom is 0.433 e. The molecular weight excluding hydrogens is 425 g/mol. The number of hydrogen-bond donors (Lipinski definition) is 0. The van der Waals surface area contributed by atoms with E-state index in [2.05, 4.69) is 25.0 Å². The molecule has 1 aliphatic rings. The van der Waals surface area contributed by atoms with Gasteiger partial charge >= 0.3 is 12.8 Å². The quantitative estimate of drug-likeness (QED) is 0.412. The van der Waals surface area contributed by atoms with Gasteiger partial charge < -0.3 is 9.15 Å². The number of aromatic nitrogens is 5. The predicted molar refractivity (Wildman–Crippen MR) is 95.3 cm³/mol. The first-order valence-electron chi connectivity index (χ1n) is 9.15. The van der Waals surface area contributed by atoms with Crippen LogP contribution in [0.3, 0.4) is 0 Å². The number of halogens is 5. The van der Waals surface area contributed by atoms with Gasteiger partial charge in [0.1, 0.15) is 11.4 Å². The zero-order valence-corrected chi connectivity index (χ0v) is 15.5. The normalized spacial score (nSPS) is 14.5. The molecule has 1 fully saturated rings. The molecule has 0 saturated heterocycles. The molecule has 0 unspecified atom stereocenters. The zero-order valence-electron chi connectivity index (χ0n) is 15.5. The first-order valence-corrected chi connectivity index (χ1v) is 9.15. The molecular formula is C19H12F5N5O2. The zero-order chi connectivity index (χ0) is 21.8. The lowest BCUT2D eigenvalue weighted by Crippen LogP contribution is -2.14. The van der Waals surface area contributed by atoms with Crippen LogP contribution in [-0.2, 0) is 6.18 Å². The van der Waals surface area contributed by atoms with Gasteiger partial charge in [0.05, 0.1) is 0 Å². The van der Waals surface area contributed by atoms with Crippen LogP contribution in [0.4, 0.5) is 22.0 Å². The molecule has 4 aromatic rings. The van der Waals surface area contributed by atoms with Crippen LogP contribution in [-0.4, -0.2) is 31.4 Å². The van der Waals surface area contributed by atoms with Crippen LogP contribution >= 0.6 is 0 Å². The fourth-order valence-electron chi connectivity index (χ4n) is 3.11. The summed E-state index contributed by atoms with van der Waals surface area (Å²) in [5.74, 6) is -0.0830. The summed E-state index contributed by atoms with van der Waals surface area (Å²) in [5.41, 5.74) is -0.0832. The topological polar surface area (TPSA) is 78.3 Å². The smallest absolute Gasteiger partial charge is 0.433 e. The van der Waals surface area contributed by atoms with Crippen molar-refractivity contribution in [1.82, 2.24) is 24.8 Å². The minimum Gasteiger partial charge on any atom is -0.435 e. The maximum absolute atomic E-state index is 13.5. The van der Waals surface area contributed by atoms with Crippen molar-refractivity contribution in [1.29, 1.82) is 0 Å². The Bertz CT molecular complexity index is 1250. The third-order valence-corrected chi connectivity index (χ3v) is 4.70. The molecule has 0 aliphatic heterocycles. The molecule has 5 rings (SSSR count). The Morgan fingerprint density at radius 3 is 2.39 bits per heavy atom. The fourth-order valence-corrected chi connectivity index (χ4v) is 3.11. The number of nitrogens with zero attached hydrogens (tertiary/aromatic N) is 5. The summed E-state index contributed by atoms with van der Waals surface area (Å²) < 4.78 is 75.6. The molecule has 1 aromatic carbocycles. The second-order valence-corrected chi connectivity index (χ2v) is 6.95. The Morgan fingerprint density at radius 1 is 1.03 bits per heavy atom. The third kappa shape index (κ3) is 3.80. The molecule has 1 saturated carbocycles. The molecule has 0 spiro atoms. The molecule has 0 atom stereocenters. The summed E-state index contributed by atoms with van der Waals surface area (Å²) in [4.78, 5) is 4.29. The molecule has 3 aromatic heterocycles. The van der Waals surface area contributed by atoms with Crippen molar-refractivity contribution >= 4 is 5.65 Å². The Kier molecular flexibility index (Phi) is 4.38. The van der Waals surface area contributed by atoms with Crippen molar-refractivity contribution in [2.75, 3.05) is 0 Å². The van der Waals surface area contributed by atoms with Gasteiger partial charge in [-0.3, -0.25) is 0 Å². The van der Waals surface area contributed by atoms with Gasteiger partial charge in [-0.1, -0.05) is 0 Å². The first-order chi connectivity index (χ1) is 14.8. The van der Waals surface area contributed by atoms with E-state index < -0.39 is 18.5 Å². The minimum atomic E-state index is -4.61. The van der Waals surface area contributed by atoms with Crippen LogP contribution < -0.4 is 4.74 Å². The molecule has 0 amide bonds. The molecule has 0 bridgehead atoms. The van der Waals surface area contributed by atoms with Gasteiger partial charge in [0.2, 0.25) is 5.89 Å². The van der Waals surface area contributed by atoms with E-state index in [9.17, 15) is 22.0 Å². The lowest BCUT2D eigenvalue weighted by Gasteiger charge is -2.10. The minimum absolute atomic E-state index is 0.0245. The largest absolute Gasteiger partial charge is 0.435 e. The summed E-state index contributed by atoms with van der Waals surface area (Å²) in [6.45, 7) is -2.95. The Hall–Kier alpha value is -3.57. The molecule has 31 heavy (non-hydrogen) atoms. The van der Waals surface area contributed by atoms with Gasteiger partial charge in [-0.2, -0.15) is 27.1 Å². The van der Waals surface area contributed by atoms with Crippen molar-refractivity contribution in [2.45, 2.75) is 31.5 Å². The second kappa shape index (κ2) is 7.00. The van der Waals surface area contributed by atoms with Crippen molar-refractivity contribution in [2.24, 2.45) is 0 Å². The third-order valence-electron chi connectivity index (χ3n) is 4.70. The number of fused-ring (bicyclic) bond motifs is 1. The highest BCUT2D eigenvalue weighted by molar-refractivity contribution is 5.60. The average Bonchev–Trinajstić information content (AvgIpc) is 3.28. The molecule has 0 N–H and O–H groups in total. The van der Waals surface area contributed by atoms with Crippen molar-refractivity contribution in [3.05, 3.63) is 47.8 Å². The Balaban J connectivity index is 1.50. The van der Waals surface area contributed by atoms with E-state index in [1.807, 2.05) is 0 Å². The van der Waals surface area contributed by atoms with Gasteiger partial charge in [0.25, 0.3) is 5.89 Å². The number of benzene rings is 1. The van der Waals surface area contributed by atoms with Crippen LogP contribution in [0.15, 0.2) is 40.8 Å². The standard InChI is InChI=1S/C19H12F5N5O2/c20-18(21)30-11-5-3-10(4-6-11)16-26-27-17(31-16)13-8-15-25-12(9-1-2-9)7-14(19(22,23)24)29(15)28-13/h3-9,18H,1-2H2. The summed E-state index contributed by atoms with van der Waals surface area (Å²) in [7, 11) is 0. The van der Waals surface area contributed by atoms with Gasteiger partial charge in [-0.25, -0.2) is 9.50 Å². The van der Waals surface area contributed by atoms with Crippen LogP contribution in [0.2, 0.25) is 0 Å². The van der Waals surface area contributed by atoms with Crippen LogP contribution in [0.5, 0.6) is 5.75 Å². The Labute approximate surface area is 170 Å². The van der Waals surface area contributed by atoms with E-state index in [4.69, 9.17) is 4.42 Å². The Morgan fingerprint density at radius 2 is 1.74 bits per heavy atom. The van der Waals surface area contributed by atoms with E-state index in [1.54, 1.807) is 0 Å². The number of hydrogen-bond acceptors (Lipinski definition) is 6. The number of rotatable bonds is 5.